The van der Waals surface area contributed by atoms with Gasteiger partial charge in [-0.15, -0.1) is 0 Å². The first-order valence-electron chi connectivity index (χ1n) is 14.7. The highest BCUT2D eigenvalue weighted by Gasteiger charge is 2.56. The number of hydrogen-bond donors (Lipinski definition) is 3. The molecule has 3 N–H and O–H groups in total. The number of guanidine groups is 1. The van der Waals surface area contributed by atoms with Gasteiger partial charge < -0.3 is 20.2 Å². The minimum Gasteiger partial charge on any atom is -0.389 e. The van der Waals surface area contributed by atoms with Crippen LogP contribution in [0, 0.1) is 34.5 Å². The number of rotatable bonds is 5. The summed E-state index contributed by atoms with van der Waals surface area (Å²) in [5, 5.41) is 25.6. The van der Waals surface area contributed by atoms with Crippen molar-refractivity contribution in [2.75, 3.05) is 18.9 Å². The van der Waals surface area contributed by atoms with Gasteiger partial charge in [0.05, 0.1) is 33.9 Å². The highest BCUT2D eigenvalue weighted by atomic mass is 16.3. The van der Waals surface area contributed by atoms with Gasteiger partial charge in [-0.2, -0.15) is 5.26 Å². The lowest BCUT2D eigenvalue weighted by atomic mass is 9.49. The third-order valence-corrected chi connectivity index (χ3v) is 9.83. The quantitative estimate of drug-likeness (QED) is 0.484. The van der Waals surface area contributed by atoms with E-state index in [2.05, 4.69) is 22.8 Å². The topological polar surface area (TPSA) is 121 Å². The van der Waals surface area contributed by atoms with Crippen LogP contribution in [0.1, 0.15) is 71.3 Å². The zero-order chi connectivity index (χ0) is 29.2. The first-order chi connectivity index (χ1) is 19.4. The van der Waals surface area contributed by atoms with Crippen LogP contribution in [0.3, 0.4) is 0 Å². The average Bonchev–Trinajstić information content (AvgIpc) is 3.15. The van der Waals surface area contributed by atoms with E-state index in [1.54, 1.807) is 38.1 Å². The molecule has 9 heteroatoms. The van der Waals surface area contributed by atoms with Crippen molar-refractivity contribution in [3.8, 4) is 6.07 Å². The van der Waals surface area contributed by atoms with Crippen LogP contribution in [0.15, 0.2) is 52.8 Å². The van der Waals surface area contributed by atoms with Crippen LogP contribution in [0.2, 0.25) is 0 Å². The second-order valence-electron chi connectivity index (χ2n) is 13.8. The van der Waals surface area contributed by atoms with Gasteiger partial charge in [-0.25, -0.2) is 9.79 Å². The van der Waals surface area contributed by atoms with Crippen LogP contribution in [0.25, 0.3) is 0 Å². The fourth-order valence-corrected chi connectivity index (χ4v) is 8.31. The van der Waals surface area contributed by atoms with Crippen molar-refractivity contribution >= 4 is 23.6 Å². The molecule has 0 radical (unpaired) electrons. The summed E-state index contributed by atoms with van der Waals surface area (Å²) in [6.45, 7) is 5.75. The van der Waals surface area contributed by atoms with Gasteiger partial charge in [0.25, 0.3) is 0 Å². The molecule has 1 aromatic rings. The Morgan fingerprint density at radius 3 is 2.44 bits per heavy atom. The van der Waals surface area contributed by atoms with Crippen molar-refractivity contribution < 1.29 is 14.7 Å². The number of nitrogens with zero attached hydrogens (tertiary/aromatic N) is 4. The number of allylic oxidation sites excluding steroid dienone is 1. The van der Waals surface area contributed by atoms with Gasteiger partial charge in [-0.1, -0.05) is 12.1 Å². The molecule has 5 aliphatic carbocycles. The minimum atomic E-state index is -1.05. The third-order valence-electron chi connectivity index (χ3n) is 9.83. The third kappa shape index (κ3) is 5.03. The highest BCUT2D eigenvalue weighted by molar-refractivity contribution is 6.04. The number of aliphatic imine (C=N–C) groups is 1. The van der Waals surface area contributed by atoms with Crippen molar-refractivity contribution in [2.45, 2.75) is 76.9 Å². The second-order valence-corrected chi connectivity index (χ2v) is 13.8. The minimum absolute atomic E-state index is 0.232. The molecule has 1 heterocycles. The van der Waals surface area contributed by atoms with E-state index in [4.69, 9.17) is 4.99 Å². The predicted octanol–water partition coefficient (Wildman–Crippen LogP) is 4.73. The Balaban J connectivity index is 1.23. The van der Waals surface area contributed by atoms with Gasteiger partial charge in [-0.3, -0.25) is 10.1 Å². The maximum Gasteiger partial charge on any atom is 0.326 e. The fraction of sp³-hybridized carbons (Fsp3) is 0.562. The van der Waals surface area contributed by atoms with E-state index < -0.39 is 17.2 Å². The number of carbonyl (C=O) groups is 2. The first-order valence-corrected chi connectivity index (χ1v) is 14.7. The van der Waals surface area contributed by atoms with E-state index >= 15 is 0 Å². The molecule has 7 rings (SSSR count). The molecule has 0 aromatic heterocycles. The standard InChI is InChI=1S/C32H40N6O3/c1-30(2,41)19-38-28(36-29(40)34-24-7-5-6-20(13-24)18-33)35-26-14-25(8-9-31(26,38)3)37(4)27(39)32-15-21-10-22(16-32)12-23(11-21)17-32/h5-8,13-14,21-23,41H,9-12,15-17,19H2,1-4H3,(H2,34,35,36,40). The van der Waals surface area contributed by atoms with Crippen molar-refractivity contribution in [3.05, 3.63) is 53.4 Å². The Morgan fingerprint density at radius 2 is 1.83 bits per heavy atom. The normalized spacial score (nSPS) is 31.5. The van der Waals surface area contributed by atoms with Crippen molar-refractivity contribution in [3.63, 3.8) is 0 Å². The molecular weight excluding hydrogens is 516 g/mol. The molecule has 1 aromatic carbocycles. The number of β-amino-alcohol motifs (C(OH)–C–C–N with tert-alkyl or cyclic N) is 1. The van der Waals surface area contributed by atoms with Crippen LogP contribution >= 0.6 is 0 Å². The van der Waals surface area contributed by atoms with Gasteiger partial charge in [0.1, 0.15) is 0 Å². The van der Waals surface area contributed by atoms with Crippen LogP contribution in [-0.2, 0) is 4.79 Å². The fourth-order valence-electron chi connectivity index (χ4n) is 8.31. The van der Waals surface area contributed by atoms with Gasteiger partial charge in [0, 0.05) is 25.0 Å². The number of nitrogens with one attached hydrogen (secondary N) is 2. The van der Waals surface area contributed by atoms with E-state index in [-0.39, 0.29) is 17.9 Å². The largest absolute Gasteiger partial charge is 0.389 e. The molecule has 6 aliphatic rings. The van der Waals surface area contributed by atoms with Crippen molar-refractivity contribution in [1.82, 2.24) is 15.1 Å². The summed E-state index contributed by atoms with van der Waals surface area (Å²) in [5.74, 6) is 2.64. The summed E-state index contributed by atoms with van der Waals surface area (Å²) < 4.78 is 0. The molecule has 41 heavy (non-hydrogen) atoms. The number of nitriles is 1. The number of carbonyl (C=O) groups excluding carboxylic acids is 2. The molecule has 1 unspecified atom stereocenters. The van der Waals surface area contributed by atoms with Crippen LogP contribution in [-0.4, -0.2) is 57.5 Å². The molecule has 0 spiro atoms. The van der Waals surface area contributed by atoms with Gasteiger partial charge in [-0.05, 0) is 108 Å². The number of amides is 3. The summed E-state index contributed by atoms with van der Waals surface area (Å²) in [5.41, 5.74) is 0.634. The van der Waals surface area contributed by atoms with E-state index in [1.165, 1.54) is 19.3 Å². The average molecular weight is 557 g/mol. The number of anilines is 1. The molecule has 4 saturated carbocycles. The van der Waals surface area contributed by atoms with Crippen LogP contribution < -0.4 is 10.6 Å². The van der Waals surface area contributed by atoms with E-state index in [0.717, 1.165) is 30.7 Å². The Morgan fingerprint density at radius 1 is 1.17 bits per heavy atom. The second kappa shape index (κ2) is 9.73. The lowest BCUT2D eigenvalue weighted by molar-refractivity contribution is -0.154. The predicted molar refractivity (Wildman–Crippen MR) is 156 cm³/mol. The molecule has 9 nitrogen and oxygen atoms in total. The number of likely N-dealkylation sites (N-methyl/N-ethyl adjacent to an activating group) is 1. The summed E-state index contributed by atoms with van der Waals surface area (Å²) >= 11 is 0. The smallest absolute Gasteiger partial charge is 0.326 e. The van der Waals surface area contributed by atoms with Gasteiger partial charge in [0.2, 0.25) is 11.9 Å². The Kier molecular flexibility index (Phi) is 6.53. The number of fused-ring (bicyclic) bond motifs is 1. The lowest BCUT2D eigenvalue weighted by Gasteiger charge is -2.56. The van der Waals surface area contributed by atoms with Gasteiger partial charge >= 0.3 is 6.03 Å². The Hall–Kier alpha value is -3.64. The maximum absolute atomic E-state index is 14.0. The van der Waals surface area contributed by atoms with Crippen LogP contribution in [0.4, 0.5) is 10.5 Å². The molecule has 0 saturated heterocycles. The number of aliphatic hydroxyl groups is 1. The molecule has 1 atom stereocenters. The summed E-state index contributed by atoms with van der Waals surface area (Å²) in [6.07, 6.45) is 11.5. The monoisotopic (exact) mass is 556 g/mol. The molecule has 3 amide bonds. The summed E-state index contributed by atoms with van der Waals surface area (Å²) in [7, 11) is 1.89. The summed E-state index contributed by atoms with van der Waals surface area (Å²) in [6, 6.07) is 8.26. The SMILES string of the molecule is CN(C(=O)C12CC3CC(CC(C3)C1)C2)C1=CCC2(C)C(=C1)N=C(NC(=O)Nc1cccc(C#N)c1)N2CC(C)(C)O. The zero-order valence-corrected chi connectivity index (χ0v) is 24.4. The molecule has 4 fully saturated rings. The first kappa shape index (κ1) is 27.5. The maximum atomic E-state index is 14.0. The molecule has 216 valence electrons. The van der Waals surface area contributed by atoms with E-state index in [0.29, 0.717) is 41.4 Å². The number of hydrogen-bond acceptors (Lipinski definition) is 6. The van der Waals surface area contributed by atoms with Crippen molar-refractivity contribution in [1.29, 1.82) is 5.26 Å². The highest BCUT2D eigenvalue weighted by Crippen LogP contribution is 2.60. The Bertz CT molecular complexity index is 1380. The lowest BCUT2D eigenvalue weighted by Crippen LogP contribution is -2.57. The van der Waals surface area contributed by atoms with Crippen LogP contribution in [0.5, 0.6) is 0 Å². The van der Waals surface area contributed by atoms with Gasteiger partial charge in [0.15, 0.2) is 0 Å². The molecular formula is C32H40N6O3. The molecule has 1 aliphatic heterocycles. The number of urea groups is 1. The summed E-state index contributed by atoms with van der Waals surface area (Å²) in [4.78, 5) is 35.6. The molecule has 4 bridgehead atoms. The van der Waals surface area contributed by atoms with E-state index in [9.17, 15) is 20.0 Å². The number of benzene rings is 1. The van der Waals surface area contributed by atoms with E-state index in [1.807, 2.05) is 29.8 Å². The Labute approximate surface area is 242 Å². The zero-order valence-electron chi connectivity index (χ0n) is 24.4. The van der Waals surface area contributed by atoms with Crippen molar-refractivity contribution in [2.24, 2.45) is 28.2 Å².